The summed E-state index contributed by atoms with van der Waals surface area (Å²) >= 11 is 6.07. The van der Waals surface area contributed by atoms with E-state index in [0.717, 1.165) is 53.0 Å². The van der Waals surface area contributed by atoms with Crippen molar-refractivity contribution in [1.29, 1.82) is 0 Å². The molecule has 2 aliphatic heterocycles. The summed E-state index contributed by atoms with van der Waals surface area (Å²) < 4.78 is 16.7. The van der Waals surface area contributed by atoms with Gasteiger partial charge in [-0.3, -0.25) is 9.69 Å². The maximum Gasteiger partial charge on any atom is 0.253 e. The van der Waals surface area contributed by atoms with Crippen LogP contribution in [-0.4, -0.2) is 48.7 Å². The maximum atomic E-state index is 13.0. The van der Waals surface area contributed by atoms with Gasteiger partial charge in [0.1, 0.15) is 12.4 Å². The molecule has 3 aromatic rings. The van der Waals surface area contributed by atoms with Crippen molar-refractivity contribution in [1.82, 2.24) is 9.80 Å². The van der Waals surface area contributed by atoms with Crippen LogP contribution in [0.15, 0.2) is 60.7 Å². The van der Waals surface area contributed by atoms with Gasteiger partial charge in [0.05, 0.1) is 0 Å². The molecule has 2 aliphatic rings. The van der Waals surface area contributed by atoms with E-state index in [0.29, 0.717) is 25.3 Å². The van der Waals surface area contributed by atoms with Crippen molar-refractivity contribution in [2.24, 2.45) is 0 Å². The lowest BCUT2D eigenvalue weighted by atomic mass is 10.1. The Morgan fingerprint density at radius 3 is 2.41 bits per heavy atom. The molecule has 6 nitrogen and oxygen atoms in total. The van der Waals surface area contributed by atoms with E-state index >= 15 is 0 Å². The smallest absolute Gasteiger partial charge is 0.253 e. The Kier molecular flexibility index (Phi) is 6.61. The molecule has 0 N–H and O–H groups in total. The molecule has 3 aromatic carbocycles. The van der Waals surface area contributed by atoms with Gasteiger partial charge in [0.2, 0.25) is 6.79 Å². The zero-order valence-electron chi connectivity index (χ0n) is 19.1. The number of amides is 1. The van der Waals surface area contributed by atoms with E-state index in [1.807, 2.05) is 66.4 Å². The summed E-state index contributed by atoms with van der Waals surface area (Å²) in [6.07, 6.45) is 0. The molecule has 0 spiro atoms. The van der Waals surface area contributed by atoms with Gasteiger partial charge in [-0.25, -0.2) is 0 Å². The van der Waals surface area contributed by atoms with Crippen LogP contribution in [0.5, 0.6) is 17.2 Å². The lowest BCUT2D eigenvalue weighted by molar-refractivity contribution is 0.0628. The van der Waals surface area contributed by atoms with Crippen LogP contribution in [-0.2, 0) is 13.2 Å². The number of aryl methyl sites for hydroxylation is 1. The van der Waals surface area contributed by atoms with Crippen LogP contribution in [0.2, 0.25) is 5.02 Å². The number of piperazine rings is 1. The van der Waals surface area contributed by atoms with Crippen LogP contribution in [0.4, 0.5) is 0 Å². The molecule has 0 bridgehead atoms. The standard InChI is InChI=1S/C27H27ClN2O4/c1-19-14-23(7-8-24(19)28)32-17-20-2-5-22(6-3-20)27(31)30-12-10-29(11-13-30)16-21-4-9-25-26(15-21)34-18-33-25/h2-9,14-15H,10-13,16-18H2,1H3. The summed E-state index contributed by atoms with van der Waals surface area (Å²) in [5.74, 6) is 2.46. The highest BCUT2D eigenvalue weighted by molar-refractivity contribution is 6.31. The molecule has 0 atom stereocenters. The Labute approximate surface area is 204 Å². The monoisotopic (exact) mass is 478 g/mol. The molecule has 0 aromatic heterocycles. The molecule has 7 heteroatoms. The third kappa shape index (κ3) is 5.13. The second-order valence-corrected chi connectivity index (χ2v) is 9.06. The lowest BCUT2D eigenvalue weighted by Gasteiger charge is -2.34. The van der Waals surface area contributed by atoms with Gasteiger partial charge in [0.25, 0.3) is 5.91 Å². The first kappa shape index (κ1) is 22.6. The van der Waals surface area contributed by atoms with Crippen molar-refractivity contribution in [2.75, 3.05) is 33.0 Å². The SMILES string of the molecule is Cc1cc(OCc2ccc(C(=O)N3CCN(Cc4ccc5c(c4)OCO5)CC3)cc2)ccc1Cl. The van der Waals surface area contributed by atoms with Gasteiger partial charge in [-0.1, -0.05) is 29.8 Å². The number of hydrogen-bond acceptors (Lipinski definition) is 5. The van der Waals surface area contributed by atoms with Crippen LogP contribution in [0, 0.1) is 6.92 Å². The highest BCUT2D eigenvalue weighted by Gasteiger charge is 2.23. The first-order valence-corrected chi connectivity index (χ1v) is 11.8. The summed E-state index contributed by atoms with van der Waals surface area (Å²) in [5, 5.41) is 0.726. The first-order valence-electron chi connectivity index (χ1n) is 11.4. The predicted molar refractivity (Wildman–Crippen MR) is 131 cm³/mol. The predicted octanol–water partition coefficient (Wildman–Crippen LogP) is 4.91. The number of carbonyl (C=O) groups is 1. The molecule has 1 saturated heterocycles. The number of halogens is 1. The molecule has 5 rings (SSSR count). The number of rotatable bonds is 6. The molecular weight excluding hydrogens is 452 g/mol. The molecule has 0 radical (unpaired) electrons. The normalized spacial score (nSPS) is 15.4. The zero-order chi connectivity index (χ0) is 23.5. The Hall–Kier alpha value is -3.22. The second kappa shape index (κ2) is 9.95. The minimum Gasteiger partial charge on any atom is -0.489 e. The Balaban J connectivity index is 1.11. The third-order valence-electron chi connectivity index (χ3n) is 6.24. The number of benzene rings is 3. The number of hydrogen-bond donors (Lipinski definition) is 0. The average Bonchev–Trinajstić information content (AvgIpc) is 3.33. The van der Waals surface area contributed by atoms with Gasteiger partial charge in [0, 0.05) is 43.3 Å². The molecule has 1 amide bonds. The minimum absolute atomic E-state index is 0.0727. The first-order chi connectivity index (χ1) is 16.5. The molecule has 1 fully saturated rings. The van der Waals surface area contributed by atoms with E-state index in [1.165, 1.54) is 5.56 Å². The topological polar surface area (TPSA) is 51.2 Å². The van der Waals surface area contributed by atoms with Crippen LogP contribution < -0.4 is 14.2 Å². The number of ether oxygens (including phenoxy) is 3. The summed E-state index contributed by atoms with van der Waals surface area (Å²) in [6.45, 7) is 6.62. The highest BCUT2D eigenvalue weighted by atomic mass is 35.5. The molecule has 0 saturated carbocycles. The number of carbonyl (C=O) groups excluding carboxylic acids is 1. The highest BCUT2D eigenvalue weighted by Crippen LogP contribution is 2.33. The number of nitrogens with zero attached hydrogens (tertiary/aromatic N) is 2. The van der Waals surface area contributed by atoms with Gasteiger partial charge < -0.3 is 19.1 Å². The third-order valence-corrected chi connectivity index (χ3v) is 6.66. The van der Waals surface area contributed by atoms with Crippen molar-refractivity contribution in [3.63, 3.8) is 0 Å². The Morgan fingerprint density at radius 2 is 1.65 bits per heavy atom. The van der Waals surface area contributed by atoms with Crippen molar-refractivity contribution in [3.05, 3.63) is 87.9 Å². The fourth-order valence-electron chi connectivity index (χ4n) is 4.21. The van der Waals surface area contributed by atoms with E-state index in [2.05, 4.69) is 11.0 Å². The number of fused-ring (bicyclic) bond motifs is 1. The quantitative estimate of drug-likeness (QED) is 0.503. The van der Waals surface area contributed by atoms with Crippen molar-refractivity contribution in [3.8, 4) is 17.2 Å². The average molecular weight is 479 g/mol. The van der Waals surface area contributed by atoms with Crippen LogP contribution in [0.25, 0.3) is 0 Å². The van der Waals surface area contributed by atoms with Crippen LogP contribution in [0.3, 0.4) is 0 Å². The minimum atomic E-state index is 0.0727. The van der Waals surface area contributed by atoms with Gasteiger partial charge in [-0.05, 0) is 66.1 Å². The largest absolute Gasteiger partial charge is 0.489 e. The van der Waals surface area contributed by atoms with Gasteiger partial charge in [0.15, 0.2) is 11.5 Å². The fraction of sp³-hybridized carbons (Fsp3) is 0.296. The Bertz CT molecular complexity index is 1170. The van der Waals surface area contributed by atoms with Crippen molar-refractivity contribution in [2.45, 2.75) is 20.1 Å². The molecule has 2 heterocycles. The van der Waals surface area contributed by atoms with E-state index < -0.39 is 0 Å². The van der Waals surface area contributed by atoms with Gasteiger partial charge in [-0.15, -0.1) is 0 Å². The van der Waals surface area contributed by atoms with Crippen molar-refractivity contribution < 1.29 is 19.0 Å². The Morgan fingerprint density at radius 1 is 0.912 bits per heavy atom. The van der Waals surface area contributed by atoms with E-state index in [-0.39, 0.29) is 12.7 Å². The zero-order valence-corrected chi connectivity index (χ0v) is 19.9. The molecule has 34 heavy (non-hydrogen) atoms. The van der Waals surface area contributed by atoms with Crippen molar-refractivity contribution >= 4 is 17.5 Å². The van der Waals surface area contributed by atoms with Gasteiger partial charge >= 0.3 is 0 Å². The summed E-state index contributed by atoms with van der Waals surface area (Å²) in [4.78, 5) is 17.3. The lowest BCUT2D eigenvalue weighted by Crippen LogP contribution is -2.48. The maximum absolute atomic E-state index is 13.0. The molecule has 0 unspecified atom stereocenters. The van der Waals surface area contributed by atoms with E-state index in [9.17, 15) is 4.79 Å². The second-order valence-electron chi connectivity index (χ2n) is 8.65. The molecular formula is C27H27ClN2O4. The van der Waals surface area contributed by atoms with Crippen LogP contribution in [0.1, 0.15) is 27.0 Å². The van der Waals surface area contributed by atoms with E-state index in [1.54, 1.807) is 0 Å². The molecule has 176 valence electrons. The summed E-state index contributed by atoms with van der Waals surface area (Å²) in [7, 11) is 0. The van der Waals surface area contributed by atoms with E-state index in [4.69, 9.17) is 25.8 Å². The van der Waals surface area contributed by atoms with Crippen LogP contribution >= 0.6 is 11.6 Å². The molecule has 0 aliphatic carbocycles. The summed E-state index contributed by atoms with van der Waals surface area (Å²) in [6, 6.07) is 19.4. The fourth-order valence-corrected chi connectivity index (χ4v) is 4.32. The van der Waals surface area contributed by atoms with Gasteiger partial charge in [-0.2, -0.15) is 0 Å². The summed E-state index contributed by atoms with van der Waals surface area (Å²) in [5.41, 5.74) is 3.89.